The first-order chi connectivity index (χ1) is 17.6. The highest BCUT2D eigenvalue weighted by molar-refractivity contribution is 5.86. The van der Waals surface area contributed by atoms with Gasteiger partial charge in [-0.1, -0.05) is 6.58 Å². The normalized spacial score (nSPS) is 10.7. The van der Waals surface area contributed by atoms with Crippen LogP contribution in [-0.4, -0.2) is 144 Å². The molecule has 0 aliphatic rings. The van der Waals surface area contributed by atoms with Crippen LogP contribution >= 0.6 is 0 Å². The van der Waals surface area contributed by atoms with Crippen LogP contribution < -0.4 is 0 Å². The van der Waals surface area contributed by atoms with Gasteiger partial charge in [0.15, 0.2) is 0 Å². The van der Waals surface area contributed by atoms with Gasteiger partial charge in [0, 0.05) is 19.8 Å². The SMILES string of the molecule is C=C(C)C(=O)OCCOCCOCCOCCOCCOCCOCCOCCOCCO.COC. The van der Waals surface area contributed by atoms with Gasteiger partial charge in [-0.2, -0.15) is 0 Å². The van der Waals surface area contributed by atoms with Crippen molar-refractivity contribution in [2.75, 3.05) is 133 Å². The molecule has 0 fully saturated rings. The third kappa shape index (κ3) is 35.0. The fourth-order valence-electron chi connectivity index (χ4n) is 2.02. The van der Waals surface area contributed by atoms with E-state index >= 15 is 0 Å². The fourth-order valence-corrected chi connectivity index (χ4v) is 2.02. The van der Waals surface area contributed by atoms with Crippen molar-refractivity contribution in [1.82, 2.24) is 0 Å². The van der Waals surface area contributed by atoms with Crippen molar-refractivity contribution in [3.63, 3.8) is 0 Å². The summed E-state index contributed by atoms with van der Waals surface area (Å²) in [6.07, 6.45) is 0. The Morgan fingerprint density at radius 1 is 0.528 bits per heavy atom. The summed E-state index contributed by atoms with van der Waals surface area (Å²) in [7, 11) is 3.25. The van der Waals surface area contributed by atoms with Gasteiger partial charge in [-0.05, 0) is 6.92 Å². The largest absolute Gasteiger partial charge is 0.460 e. The number of ether oxygens (including phenoxy) is 10. The van der Waals surface area contributed by atoms with Crippen molar-refractivity contribution in [2.45, 2.75) is 6.92 Å². The van der Waals surface area contributed by atoms with E-state index in [1.54, 1.807) is 21.1 Å². The third-order valence-corrected chi connectivity index (χ3v) is 3.65. The molecule has 36 heavy (non-hydrogen) atoms. The molecule has 0 saturated carbocycles. The van der Waals surface area contributed by atoms with E-state index in [4.69, 9.17) is 47.7 Å². The summed E-state index contributed by atoms with van der Waals surface area (Å²) in [6, 6.07) is 0. The van der Waals surface area contributed by atoms with Crippen LogP contribution in [0.25, 0.3) is 0 Å². The summed E-state index contributed by atoms with van der Waals surface area (Å²) < 4.78 is 51.7. The van der Waals surface area contributed by atoms with Crippen LogP contribution in [-0.2, 0) is 52.2 Å². The number of rotatable bonds is 27. The molecular weight excluding hydrogens is 480 g/mol. The zero-order chi connectivity index (χ0) is 27.0. The predicted octanol–water partition coefficient (Wildman–Crippen LogP) is 0.493. The lowest BCUT2D eigenvalue weighted by molar-refractivity contribution is -0.140. The number of methoxy groups -OCH3 is 1. The molecular formula is C24H48O12. The molecule has 0 amide bonds. The molecule has 0 bridgehead atoms. The van der Waals surface area contributed by atoms with Gasteiger partial charge >= 0.3 is 5.97 Å². The second-order valence-electron chi connectivity index (χ2n) is 6.95. The van der Waals surface area contributed by atoms with Crippen LogP contribution in [0.5, 0.6) is 0 Å². The van der Waals surface area contributed by atoms with Crippen molar-refractivity contribution in [1.29, 1.82) is 0 Å². The number of esters is 1. The lowest BCUT2D eigenvalue weighted by Gasteiger charge is -2.08. The van der Waals surface area contributed by atoms with Crippen LogP contribution in [0.4, 0.5) is 0 Å². The Balaban J connectivity index is 0. The lowest BCUT2D eigenvalue weighted by atomic mass is 10.4. The van der Waals surface area contributed by atoms with Gasteiger partial charge in [-0.15, -0.1) is 0 Å². The number of hydrogen-bond donors (Lipinski definition) is 1. The van der Waals surface area contributed by atoms with E-state index in [0.29, 0.717) is 111 Å². The molecule has 1 N–H and O–H groups in total. The van der Waals surface area contributed by atoms with E-state index in [2.05, 4.69) is 11.3 Å². The van der Waals surface area contributed by atoms with Gasteiger partial charge in [0.2, 0.25) is 0 Å². The number of aliphatic hydroxyl groups is 1. The van der Waals surface area contributed by atoms with Gasteiger partial charge in [0.05, 0.1) is 112 Å². The molecule has 12 nitrogen and oxygen atoms in total. The van der Waals surface area contributed by atoms with Crippen LogP contribution in [0.3, 0.4) is 0 Å². The van der Waals surface area contributed by atoms with Crippen LogP contribution in [0.2, 0.25) is 0 Å². The highest BCUT2D eigenvalue weighted by atomic mass is 16.6. The summed E-state index contributed by atoms with van der Waals surface area (Å²) in [5.74, 6) is -0.412. The number of hydrogen-bond acceptors (Lipinski definition) is 12. The molecule has 0 atom stereocenters. The highest BCUT2D eigenvalue weighted by Gasteiger charge is 2.01. The number of carbonyl (C=O) groups is 1. The Kier molecular flexibility index (Phi) is 34.7. The molecule has 0 spiro atoms. The van der Waals surface area contributed by atoms with Gasteiger partial charge in [0.1, 0.15) is 6.61 Å². The minimum absolute atomic E-state index is 0.0237. The molecule has 0 heterocycles. The maximum atomic E-state index is 11.1. The maximum Gasteiger partial charge on any atom is 0.333 e. The molecule has 0 aromatic rings. The molecule has 0 aromatic carbocycles. The zero-order valence-corrected chi connectivity index (χ0v) is 22.4. The first-order valence-electron chi connectivity index (χ1n) is 12.1. The van der Waals surface area contributed by atoms with E-state index in [1.807, 2.05) is 0 Å². The Morgan fingerprint density at radius 3 is 0.972 bits per heavy atom. The lowest BCUT2D eigenvalue weighted by Crippen LogP contribution is -2.15. The van der Waals surface area contributed by atoms with E-state index in [-0.39, 0.29) is 13.2 Å². The summed E-state index contributed by atoms with van der Waals surface area (Å²) in [5.41, 5.74) is 0.371. The van der Waals surface area contributed by atoms with Crippen molar-refractivity contribution in [3.8, 4) is 0 Å². The smallest absolute Gasteiger partial charge is 0.333 e. The first-order valence-corrected chi connectivity index (χ1v) is 12.1. The van der Waals surface area contributed by atoms with Crippen LogP contribution in [0, 0.1) is 0 Å². The second-order valence-corrected chi connectivity index (χ2v) is 6.95. The van der Waals surface area contributed by atoms with Crippen molar-refractivity contribution in [3.05, 3.63) is 12.2 Å². The van der Waals surface area contributed by atoms with E-state index in [1.165, 1.54) is 0 Å². The van der Waals surface area contributed by atoms with Crippen molar-refractivity contribution in [2.24, 2.45) is 0 Å². The second kappa shape index (κ2) is 33.8. The highest BCUT2D eigenvalue weighted by Crippen LogP contribution is 1.91. The van der Waals surface area contributed by atoms with Gasteiger partial charge in [-0.3, -0.25) is 0 Å². The Morgan fingerprint density at radius 2 is 0.750 bits per heavy atom. The van der Waals surface area contributed by atoms with E-state index < -0.39 is 5.97 Å². The van der Waals surface area contributed by atoms with Crippen LogP contribution in [0.15, 0.2) is 12.2 Å². The molecule has 12 heteroatoms. The average Bonchev–Trinajstić information content (AvgIpc) is 2.86. The zero-order valence-electron chi connectivity index (χ0n) is 22.4. The average molecular weight is 529 g/mol. The predicted molar refractivity (Wildman–Crippen MR) is 132 cm³/mol. The Bertz CT molecular complexity index is 451. The van der Waals surface area contributed by atoms with Gasteiger partial charge in [-0.25, -0.2) is 4.79 Å². The monoisotopic (exact) mass is 528 g/mol. The van der Waals surface area contributed by atoms with Gasteiger partial charge < -0.3 is 52.5 Å². The molecule has 0 aliphatic carbocycles. The molecule has 0 aliphatic heterocycles. The third-order valence-electron chi connectivity index (χ3n) is 3.65. The Hall–Kier alpha value is -1.19. The number of carbonyl (C=O) groups excluding carboxylic acids is 1. The molecule has 0 rings (SSSR count). The molecule has 0 radical (unpaired) electrons. The molecule has 0 saturated heterocycles. The van der Waals surface area contributed by atoms with E-state index in [0.717, 1.165) is 0 Å². The molecule has 0 aromatic heterocycles. The van der Waals surface area contributed by atoms with E-state index in [9.17, 15) is 4.79 Å². The van der Waals surface area contributed by atoms with Gasteiger partial charge in [0.25, 0.3) is 0 Å². The summed E-state index contributed by atoms with van der Waals surface area (Å²) in [4.78, 5) is 11.1. The van der Waals surface area contributed by atoms with Crippen molar-refractivity contribution >= 4 is 5.97 Å². The quantitative estimate of drug-likeness (QED) is 0.0905. The minimum atomic E-state index is -0.412. The van der Waals surface area contributed by atoms with Crippen molar-refractivity contribution < 1.29 is 57.3 Å². The summed E-state index contributed by atoms with van der Waals surface area (Å²) in [6.45, 7) is 12.7. The molecule has 0 unspecified atom stereocenters. The topological polar surface area (TPSA) is 130 Å². The van der Waals surface area contributed by atoms with Crippen LogP contribution in [0.1, 0.15) is 6.92 Å². The minimum Gasteiger partial charge on any atom is -0.460 e. The molecule has 216 valence electrons. The first kappa shape index (κ1) is 37.0. The Labute approximate surface area is 216 Å². The number of aliphatic hydroxyl groups excluding tert-OH is 1. The standard InChI is InChI=1S/C22H42O11.C2H6O/c1-21(2)22(24)33-20-19-32-18-17-31-16-15-30-14-13-29-12-11-28-10-9-27-8-7-26-6-5-25-4-3-23;1-3-2/h23H,1,3-20H2,2H3;1-2H3. The fraction of sp³-hybridized carbons (Fsp3) is 0.875. The summed E-state index contributed by atoms with van der Waals surface area (Å²) >= 11 is 0. The summed E-state index contributed by atoms with van der Waals surface area (Å²) in [5, 5.41) is 8.54. The maximum absolute atomic E-state index is 11.1.